The number of ether oxygens (including phenoxy) is 1. The number of hydrogen-bond acceptors (Lipinski definition) is 3. The monoisotopic (exact) mass is 318 g/mol. The fraction of sp³-hybridized carbons (Fsp3) is 0.188. The highest BCUT2D eigenvalue weighted by Gasteiger charge is 2.09. The maximum atomic E-state index is 5.90. The Labute approximate surface area is 132 Å². The van der Waals surface area contributed by atoms with Crippen molar-refractivity contribution in [3.05, 3.63) is 53.1 Å². The first-order chi connectivity index (χ1) is 10.2. The summed E-state index contributed by atoms with van der Waals surface area (Å²) in [6.07, 6.45) is 0. The van der Waals surface area contributed by atoms with Crippen LogP contribution in [-0.2, 0) is 12.8 Å². The number of aromatic nitrogens is 2. The third-order valence-corrected chi connectivity index (χ3v) is 4.68. The number of thioether (sulfide) groups is 1. The van der Waals surface area contributed by atoms with Crippen molar-refractivity contribution in [3.63, 3.8) is 0 Å². The molecule has 3 nitrogen and oxygen atoms in total. The Morgan fingerprint density at radius 3 is 2.67 bits per heavy atom. The molecule has 0 N–H and O–H groups in total. The Morgan fingerprint density at radius 2 is 1.95 bits per heavy atom. The fourth-order valence-electron chi connectivity index (χ4n) is 2.14. The molecule has 0 spiro atoms. The number of methoxy groups -OCH3 is 1. The van der Waals surface area contributed by atoms with Gasteiger partial charge in [0, 0.05) is 23.9 Å². The molecule has 0 saturated heterocycles. The van der Waals surface area contributed by atoms with Crippen LogP contribution < -0.4 is 4.74 Å². The van der Waals surface area contributed by atoms with Crippen LogP contribution in [-0.4, -0.2) is 16.7 Å². The van der Waals surface area contributed by atoms with Crippen LogP contribution in [0.4, 0.5) is 0 Å². The van der Waals surface area contributed by atoms with Gasteiger partial charge in [-0.3, -0.25) is 0 Å². The van der Waals surface area contributed by atoms with Gasteiger partial charge in [-0.15, -0.1) is 0 Å². The predicted octanol–water partition coefficient (Wildman–Crippen LogP) is 4.53. The topological polar surface area (TPSA) is 27.1 Å². The minimum absolute atomic E-state index is 0.763. The van der Waals surface area contributed by atoms with Gasteiger partial charge in [0.2, 0.25) is 0 Å². The van der Waals surface area contributed by atoms with Crippen LogP contribution >= 0.6 is 23.4 Å². The second kappa shape index (κ2) is 6.00. The lowest BCUT2D eigenvalue weighted by Crippen LogP contribution is -1.91. The zero-order valence-electron chi connectivity index (χ0n) is 11.8. The summed E-state index contributed by atoms with van der Waals surface area (Å²) in [6.45, 7) is 0. The Morgan fingerprint density at radius 1 is 1.19 bits per heavy atom. The number of halogens is 1. The molecule has 2 aromatic carbocycles. The van der Waals surface area contributed by atoms with Crippen molar-refractivity contribution in [2.75, 3.05) is 7.11 Å². The molecule has 0 unspecified atom stereocenters. The number of nitrogens with zero attached hydrogens (tertiary/aromatic N) is 2. The second-order valence-electron chi connectivity index (χ2n) is 4.72. The fourth-order valence-corrected chi connectivity index (χ4v) is 3.21. The van der Waals surface area contributed by atoms with E-state index in [2.05, 4.69) is 9.55 Å². The number of aryl methyl sites for hydroxylation is 1. The third kappa shape index (κ3) is 3.01. The predicted molar refractivity (Wildman–Crippen MR) is 88.3 cm³/mol. The van der Waals surface area contributed by atoms with Gasteiger partial charge in [0.1, 0.15) is 5.75 Å². The maximum absolute atomic E-state index is 5.90. The zero-order chi connectivity index (χ0) is 14.8. The summed E-state index contributed by atoms with van der Waals surface area (Å²) in [7, 11) is 3.70. The average molecular weight is 319 g/mol. The van der Waals surface area contributed by atoms with Gasteiger partial charge < -0.3 is 9.30 Å². The minimum Gasteiger partial charge on any atom is -0.497 e. The van der Waals surface area contributed by atoms with Crippen molar-refractivity contribution in [1.82, 2.24) is 9.55 Å². The molecule has 108 valence electrons. The summed E-state index contributed by atoms with van der Waals surface area (Å²) in [5.41, 5.74) is 3.29. The van der Waals surface area contributed by atoms with E-state index in [1.807, 2.05) is 49.5 Å². The molecule has 0 aliphatic rings. The highest BCUT2D eigenvalue weighted by atomic mass is 35.5. The summed E-state index contributed by atoms with van der Waals surface area (Å²) < 4.78 is 7.35. The lowest BCUT2D eigenvalue weighted by atomic mass is 10.2. The summed E-state index contributed by atoms with van der Waals surface area (Å²) in [4.78, 5) is 4.67. The van der Waals surface area contributed by atoms with E-state index in [0.29, 0.717) is 0 Å². The highest BCUT2D eigenvalue weighted by molar-refractivity contribution is 7.98. The largest absolute Gasteiger partial charge is 0.497 e. The summed E-state index contributed by atoms with van der Waals surface area (Å²) in [5.74, 6) is 1.70. The molecular formula is C16H15ClN2OS. The molecular weight excluding hydrogens is 304 g/mol. The molecule has 1 aromatic heterocycles. The first-order valence-electron chi connectivity index (χ1n) is 6.55. The van der Waals surface area contributed by atoms with Crippen molar-refractivity contribution in [3.8, 4) is 5.75 Å². The summed E-state index contributed by atoms with van der Waals surface area (Å²) in [6, 6.07) is 13.9. The second-order valence-corrected chi connectivity index (χ2v) is 6.10. The van der Waals surface area contributed by atoms with Crippen LogP contribution in [0.2, 0.25) is 5.02 Å². The first-order valence-corrected chi connectivity index (χ1v) is 7.91. The number of hydrogen-bond donors (Lipinski definition) is 0. The smallest absolute Gasteiger partial charge is 0.169 e. The standard InChI is InChI=1S/C16H15ClN2OS/c1-19-15-8-7-13(20-2)9-14(15)18-16(19)21-10-11-3-5-12(17)6-4-11/h3-9H,10H2,1-2H3. The molecule has 0 amide bonds. The minimum atomic E-state index is 0.763. The average Bonchev–Trinajstić information content (AvgIpc) is 2.82. The molecule has 1 heterocycles. The van der Waals surface area contributed by atoms with E-state index in [1.165, 1.54) is 5.56 Å². The van der Waals surface area contributed by atoms with Crippen LogP contribution in [0.1, 0.15) is 5.56 Å². The number of imidazole rings is 1. The molecule has 0 bridgehead atoms. The van der Waals surface area contributed by atoms with E-state index >= 15 is 0 Å². The number of rotatable bonds is 4. The van der Waals surface area contributed by atoms with Crippen molar-refractivity contribution in [1.29, 1.82) is 0 Å². The Kier molecular flexibility index (Phi) is 4.08. The van der Waals surface area contributed by atoms with Gasteiger partial charge in [0.15, 0.2) is 5.16 Å². The van der Waals surface area contributed by atoms with Gasteiger partial charge in [0.05, 0.1) is 18.1 Å². The van der Waals surface area contributed by atoms with Gasteiger partial charge in [0.25, 0.3) is 0 Å². The Hall–Kier alpha value is -1.65. The quantitative estimate of drug-likeness (QED) is 0.661. The normalized spacial score (nSPS) is 11.0. The van der Waals surface area contributed by atoms with Crippen molar-refractivity contribution in [2.45, 2.75) is 10.9 Å². The lowest BCUT2D eigenvalue weighted by Gasteiger charge is -2.03. The first kappa shape index (κ1) is 14.3. The van der Waals surface area contributed by atoms with Crippen LogP contribution in [0, 0.1) is 0 Å². The molecule has 3 rings (SSSR count). The van der Waals surface area contributed by atoms with Gasteiger partial charge >= 0.3 is 0 Å². The number of fused-ring (bicyclic) bond motifs is 1. The van der Waals surface area contributed by atoms with Crippen LogP contribution in [0.3, 0.4) is 0 Å². The maximum Gasteiger partial charge on any atom is 0.169 e. The molecule has 0 aliphatic carbocycles. The van der Waals surface area contributed by atoms with Crippen LogP contribution in [0.5, 0.6) is 5.75 Å². The molecule has 3 aromatic rings. The third-order valence-electron chi connectivity index (χ3n) is 3.33. The van der Waals surface area contributed by atoms with Gasteiger partial charge in [-0.25, -0.2) is 4.98 Å². The van der Waals surface area contributed by atoms with Gasteiger partial charge in [-0.2, -0.15) is 0 Å². The molecule has 0 aliphatic heterocycles. The van der Waals surface area contributed by atoms with Gasteiger partial charge in [-0.1, -0.05) is 35.5 Å². The summed E-state index contributed by atoms with van der Waals surface area (Å²) in [5, 5.41) is 1.76. The van der Waals surface area contributed by atoms with Crippen LogP contribution in [0.25, 0.3) is 11.0 Å². The van der Waals surface area contributed by atoms with E-state index in [9.17, 15) is 0 Å². The molecule has 0 radical (unpaired) electrons. The van der Waals surface area contributed by atoms with E-state index in [4.69, 9.17) is 16.3 Å². The number of benzene rings is 2. The van der Waals surface area contributed by atoms with E-state index in [1.54, 1.807) is 18.9 Å². The summed E-state index contributed by atoms with van der Waals surface area (Å²) >= 11 is 7.61. The van der Waals surface area contributed by atoms with E-state index in [-0.39, 0.29) is 0 Å². The molecule has 0 atom stereocenters. The van der Waals surface area contributed by atoms with Crippen LogP contribution in [0.15, 0.2) is 47.6 Å². The molecule has 5 heteroatoms. The van der Waals surface area contributed by atoms with Gasteiger partial charge in [-0.05, 0) is 29.8 Å². The van der Waals surface area contributed by atoms with E-state index in [0.717, 1.165) is 32.7 Å². The Bertz CT molecular complexity index is 768. The molecule has 21 heavy (non-hydrogen) atoms. The zero-order valence-corrected chi connectivity index (χ0v) is 13.4. The molecule has 0 saturated carbocycles. The van der Waals surface area contributed by atoms with E-state index < -0.39 is 0 Å². The van der Waals surface area contributed by atoms with Crippen molar-refractivity contribution >= 4 is 34.4 Å². The highest BCUT2D eigenvalue weighted by Crippen LogP contribution is 2.28. The van der Waals surface area contributed by atoms with Crippen molar-refractivity contribution in [2.24, 2.45) is 7.05 Å². The van der Waals surface area contributed by atoms with Crippen molar-refractivity contribution < 1.29 is 4.74 Å². The molecule has 0 fully saturated rings. The Balaban J connectivity index is 1.83. The SMILES string of the molecule is COc1ccc2c(c1)nc(SCc1ccc(Cl)cc1)n2C. The lowest BCUT2D eigenvalue weighted by molar-refractivity contribution is 0.415.